The van der Waals surface area contributed by atoms with Crippen molar-refractivity contribution in [3.63, 3.8) is 0 Å². The van der Waals surface area contributed by atoms with Crippen LogP contribution in [0.1, 0.15) is 23.0 Å². The molecule has 4 aromatic rings. The monoisotopic (exact) mass is 358 g/mol. The number of benzene rings is 2. The summed E-state index contributed by atoms with van der Waals surface area (Å²) in [4.78, 5) is 4.37. The van der Waals surface area contributed by atoms with E-state index >= 15 is 0 Å². The number of hydrogen-bond acceptors (Lipinski definition) is 4. The molecule has 132 valence electrons. The van der Waals surface area contributed by atoms with Gasteiger partial charge in [0.1, 0.15) is 23.1 Å². The molecular weight excluding hydrogens is 343 g/mol. The third-order valence-electron chi connectivity index (χ3n) is 4.05. The number of hydrogen-bond donors (Lipinski definition) is 0. The van der Waals surface area contributed by atoms with Crippen LogP contribution in [-0.2, 0) is 0 Å². The first-order valence-electron chi connectivity index (χ1n) is 8.35. The summed E-state index contributed by atoms with van der Waals surface area (Å²) in [6, 6.07) is 15.8. The van der Waals surface area contributed by atoms with Crippen molar-refractivity contribution in [3.8, 4) is 28.8 Å². The molecule has 0 bridgehead atoms. The molecule has 0 saturated heterocycles. The second-order valence-corrected chi connectivity index (χ2v) is 5.95. The second-order valence-electron chi connectivity index (χ2n) is 5.95. The van der Waals surface area contributed by atoms with Crippen LogP contribution in [0.15, 0.2) is 59.1 Å². The molecule has 27 heavy (non-hydrogen) atoms. The highest BCUT2D eigenvalue weighted by Crippen LogP contribution is 2.24. The van der Waals surface area contributed by atoms with Gasteiger partial charge in [-0.2, -0.15) is 0 Å². The Labute approximate surface area is 155 Å². The number of aromatic nitrogens is 4. The van der Waals surface area contributed by atoms with Gasteiger partial charge >= 0.3 is 0 Å². The van der Waals surface area contributed by atoms with Gasteiger partial charge in [0, 0.05) is 5.56 Å². The van der Waals surface area contributed by atoms with E-state index in [9.17, 15) is 4.39 Å². The highest BCUT2D eigenvalue weighted by Gasteiger charge is 2.13. The summed E-state index contributed by atoms with van der Waals surface area (Å²) in [6.07, 6.45) is 0. The van der Waals surface area contributed by atoms with E-state index in [1.807, 2.05) is 44.2 Å². The molecule has 0 radical (unpaired) electrons. The van der Waals surface area contributed by atoms with Crippen LogP contribution in [0.2, 0.25) is 0 Å². The third-order valence-corrected chi connectivity index (χ3v) is 4.05. The van der Waals surface area contributed by atoms with Crippen LogP contribution in [0.3, 0.4) is 0 Å². The highest BCUT2D eigenvalue weighted by molar-refractivity contribution is 5.68. The van der Waals surface area contributed by atoms with E-state index < -0.39 is 0 Å². The molecule has 0 unspecified atom stereocenters. The van der Waals surface area contributed by atoms with E-state index in [0.717, 1.165) is 11.3 Å². The molecule has 2 aromatic heterocycles. The molecule has 2 aromatic carbocycles. The molecule has 0 spiro atoms. The Kier molecular flexibility index (Phi) is 4.27. The molecule has 0 aliphatic heterocycles. The molecule has 0 aliphatic rings. The van der Waals surface area contributed by atoms with E-state index in [1.165, 1.54) is 12.1 Å². The van der Waals surface area contributed by atoms with Crippen LogP contribution in [-0.4, -0.2) is 19.9 Å². The van der Waals surface area contributed by atoms with Crippen molar-refractivity contribution in [3.05, 3.63) is 83.4 Å². The van der Waals surface area contributed by atoms with Crippen LogP contribution in [0, 0.1) is 31.5 Å². The van der Waals surface area contributed by atoms with Crippen LogP contribution >= 0.6 is 0 Å². The van der Waals surface area contributed by atoms with Gasteiger partial charge in [0.2, 0.25) is 5.82 Å². The minimum atomic E-state index is -0.298. The summed E-state index contributed by atoms with van der Waals surface area (Å²) in [6.45, 7) is 3.64. The van der Waals surface area contributed by atoms with Gasteiger partial charge in [-0.05, 0) is 44.0 Å². The van der Waals surface area contributed by atoms with E-state index in [4.69, 9.17) is 4.52 Å². The minimum absolute atomic E-state index is 0.298. The molecule has 0 atom stereocenters. The molecule has 4 rings (SSSR count). The Balaban J connectivity index is 1.70. The first-order valence-corrected chi connectivity index (χ1v) is 8.35. The zero-order chi connectivity index (χ0) is 18.8. The lowest BCUT2D eigenvalue weighted by Gasteiger charge is -2.01. The standard InChI is InChI=1S/C21H15FN4O/c1-14-19(21(25-27-14)16-6-4-3-5-7-16)12-13-20-23-15(2)26(24-20)18-10-8-17(22)9-11-18/h3-11H,1-2H3. The van der Waals surface area contributed by atoms with Crippen LogP contribution in [0.25, 0.3) is 16.9 Å². The molecule has 6 heteroatoms. The molecular formula is C21H15FN4O. The lowest BCUT2D eigenvalue weighted by Crippen LogP contribution is -1.99. The van der Waals surface area contributed by atoms with Crippen molar-refractivity contribution in [1.29, 1.82) is 0 Å². The largest absolute Gasteiger partial charge is 0.360 e. The smallest absolute Gasteiger partial charge is 0.226 e. The zero-order valence-corrected chi connectivity index (χ0v) is 14.8. The molecule has 0 fully saturated rings. The van der Waals surface area contributed by atoms with E-state index in [2.05, 4.69) is 27.1 Å². The van der Waals surface area contributed by atoms with Gasteiger partial charge in [0.25, 0.3) is 0 Å². The number of nitrogens with zero attached hydrogens (tertiary/aromatic N) is 4. The Morgan fingerprint density at radius 3 is 2.44 bits per heavy atom. The summed E-state index contributed by atoms with van der Waals surface area (Å²) in [5.41, 5.74) is 3.05. The lowest BCUT2D eigenvalue weighted by molar-refractivity contribution is 0.399. The molecule has 2 heterocycles. The zero-order valence-electron chi connectivity index (χ0n) is 14.8. The van der Waals surface area contributed by atoms with E-state index in [0.29, 0.717) is 28.7 Å². The summed E-state index contributed by atoms with van der Waals surface area (Å²) in [5, 5.41) is 8.52. The fourth-order valence-electron chi connectivity index (χ4n) is 2.70. The maximum absolute atomic E-state index is 13.1. The van der Waals surface area contributed by atoms with Gasteiger partial charge in [0.05, 0.1) is 11.3 Å². The van der Waals surface area contributed by atoms with Crippen molar-refractivity contribution < 1.29 is 8.91 Å². The Bertz CT molecular complexity index is 1150. The van der Waals surface area contributed by atoms with Gasteiger partial charge in [-0.3, -0.25) is 0 Å². The fraction of sp³-hybridized carbons (Fsp3) is 0.0952. The maximum atomic E-state index is 13.1. The van der Waals surface area contributed by atoms with Crippen molar-refractivity contribution in [1.82, 2.24) is 19.9 Å². The highest BCUT2D eigenvalue weighted by atomic mass is 19.1. The number of halogens is 1. The average molecular weight is 358 g/mol. The van der Waals surface area contributed by atoms with Gasteiger partial charge < -0.3 is 4.52 Å². The third kappa shape index (κ3) is 3.35. The molecule has 5 nitrogen and oxygen atoms in total. The van der Waals surface area contributed by atoms with Crippen LogP contribution < -0.4 is 0 Å². The van der Waals surface area contributed by atoms with Gasteiger partial charge in [-0.1, -0.05) is 41.4 Å². The van der Waals surface area contributed by atoms with Crippen molar-refractivity contribution in [2.24, 2.45) is 0 Å². The normalized spacial score (nSPS) is 10.5. The van der Waals surface area contributed by atoms with Crippen molar-refractivity contribution in [2.45, 2.75) is 13.8 Å². The van der Waals surface area contributed by atoms with Gasteiger partial charge in [-0.15, -0.1) is 5.10 Å². The first-order chi connectivity index (χ1) is 13.1. The SMILES string of the molecule is Cc1onc(-c2ccccc2)c1C#Cc1nc(C)n(-c2ccc(F)cc2)n1. The summed E-state index contributed by atoms with van der Waals surface area (Å²) in [7, 11) is 0. The molecule has 0 saturated carbocycles. The Hall–Kier alpha value is -3.72. The summed E-state index contributed by atoms with van der Waals surface area (Å²) in [5.74, 6) is 7.42. The lowest BCUT2D eigenvalue weighted by atomic mass is 10.1. The van der Waals surface area contributed by atoms with Gasteiger partial charge in [0.15, 0.2) is 0 Å². The van der Waals surface area contributed by atoms with Crippen molar-refractivity contribution >= 4 is 0 Å². The summed E-state index contributed by atoms with van der Waals surface area (Å²) < 4.78 is 20.1. The molecule has 0 N–H and O–H groups in total. The maximum Gasteiger partial charge on any atom is 0.226 e. The first kappa shape index (κ1) is 16.7. The van der Waals surface area contributed by atoms with Crippen LogP contribution in [0.5, 0.6) is 0 Å². The number of rotatable bonds is 2. The topological polar surface area (TPSA) is 56.7 Å². The Morgan fingerprint density at radius 1 is 0.963 bits per heavy atom. The van der Waals surface area contributed by atoms with Crippen molar-refractivity contribution in [2.75, 3.05) is 0 Å². The van der Waals surface area contributed by atoms with E-state index in [-0.39, 0.29) is 5.82 Å². The fourth-order valence-corrected chi connectivity index (χ4v) is 2.70. The van der Waals surface area contributed by atoms with Crippen LogP contribution in [0.4, 0.5) is 4.39 Å². The van der Waals surface area contributed by atoms with Gasteiger partial charge in [-0.25, -0.2) is 14.1 Å². The second kappa shape index (κ2) is 6.89. The summed E-state index contributed by atoms with van der Waals surface area (Å²) >= 11 is 0. The quantitative estimate of drug-likeness (QED) is 0.507. The molecule has 0 aliphatic carbocycles. The average Bonchev–Trinajstić information content (AvgIpc) is 3.24. The van der Waals surface area contributed by atoms with E-state index in [1.54, 1.807) is 16.8 Å². The number of aryl methyl sites for hydroxylation is 2. The Morgan fingerprint density at radius 2 is 1.70 bits per heavy atom. The predicted molar refractivity (Wildman–Crippen MR) is 98.7 cm³/mol. The predicted octanol–water partition coefficient (Wildman–Crippen LogP) is 4.08. The minimum Gasteiger partial charge on any atom is -0.360 e. The molecule has 0 amide bonds.